The molecule has 1 unspecified atom stereocenters. The molecule has 1 aromatic rings. The van der Waals surface area contributed by atoms with E-state index < -0.39 is 5.97 Å². The van der Waals surface area contributed by atoms with Gasteiger partial charge in [-0.3, -0.25) is 0 Å². The van der Waals surface area contributed by atoms with Crippen molar-refractivity contribution < 1.29 is 9.90 Å². The number of hydrogen-bond acceptors (Lipinski definition) is 2. The van der Waals surface area contributed by atoms with Crippen LogP contribution in [0, 0.1) is 3.57 Å². The molecule has 0 amide bonds. The van der Waals surface area contributed by atoms with Gasteiger partial charge in [0.2, 0.25) is 0 Å². The zero-order valence-electron chi connectivity index (χ0n) is 9.19. The lowest BCUT2D eigenvalue weighted by Crippen LogP contribution is -2.30. The minimum Gasteiger partial charge on any atom is -0.477 e. The second-order valence-electron chi connectivity index (χ2n) is 4.28. The van der Waals surface area contributed by atoms with Crippen molar-refractivity contribution >= 4 is 28.6 Å². The molecule has 1 aromatic heterocycles. The zero-order chi connectivity index (χ0) is 11.7. The number of halogens is 1. The average Bonchev–Trinajstić information content (AvgIpc) is 2.75. The summed E-state index contributed by atoms with van der Waals surface area (Å²) in [6.07, 6.45) is 4.28. The molecule has 2 rings (SSSR count). The van der Waals surface area contributed by atoms with Crippen molar-refractivity contribution in [3.63, 3.8) is 0 Å². The first kappa shape index (κ1) is 11.9. The summed E-state index contributed by atoms with van der Waals surface area (Å²) in [5.74, 6) is -0.844. The second-order valence-corrected chi connectivity index (χ2v) is 5.52. The van der Waals surface area contributed by atoms with Crippen LogP contribution in [0.3, 0.4) is 0 Å². The van der Waals surface area contributed by atoms with E-state index >= 15 is 0 Å². The van der Waals surface area contributed by atoms with Crippen LogP contribution in [0.5, 0.6) is 0 Å². The molecule has 1 atom stereocenters. The van der Waals surface area contributed by atoms with Gasteiger partial charge in [-0.2, -0.15) is 0 Å². The van der Waals surface area contributed by atoms with E-state index in [1.165, 1.54) is 6.42 Å². The van der Waals surface area contributed by atoms with E-state index in [9.17, 15) is 4.79 Å². The largest absolute Gasteiger partial charge is 0.477 e. The Morgan fingerprint density at radius 3 is 3.00 bits per heavy atom. The first-order valence-electron chi connectivity index (χ1n) is 5.37. The van der Waals surface area contributed by atoms with Crippen molar-refractivity contribution in [3.05, 3.63) is 21.5 Å². The van der Waals surface area contributed by atoms with Gasteiger partial charge in [0.15, 0.2) is 0 Å². The lowest BCUT2D eigenvalue weighted by Gasteiger charge is -2.20. The molecule has 1 saturated heterocycles. The molecular weight excluding hydrogens is 319 g/mol. The third-order valence-corrected chi connectivity index (χ3v) is 3.75. The van der Waals surface area contributed by atoms with Crippen molar-refractivity contribution in [1.29, 1.82) is 0 Å². The summed E-state index contributed by atoms with van der Waals surface area (Å²) < 4.78 is 2.84. The van der Waals surface area contributed by atoms with Crippen molar-refractivity contribution in [2.75, 3.05) is 13.6 Å². The van der Waals surface area contributed by atoms with Gasteiger partial charge in [-0.05, 0) is 55.1 Å². The first-order chi connectivity index (χ1) is 7.58. The summed E-state index contributed by atoms with van der Waals surface area (Å²) in [5.41, 5.74) is 0.393. The lowest BCUT2D eigenvalue weighted by molar-refractivity contribution is 0.0683. The van der Waals surface area contributed by atoms with Crippen molar-refractivity contribution in [1.82, 2.24) is 9.47 Å². The first-order valence-corrected chi connectivity index (χ1v) is 6.45. The monoisotopic (exact) mass is 334 g/mol. The maximum Gasteiger partial charge on any atom is 0.352 e. The predicted octanol–water partition coefficient (Wildman–Crippen LogP) is 1.89. The molecule has 0 bridgehead atoms. The number of rotatable bonds is 3. The molecule has 4 nitrogen and oxygen atoms in total. The van der Waals surface area contributed by atoms with E-state index in [1.54, 1.807) is 6.07 Å². The normalized spacial score (nSPS) is 21.5. The third kappa shape index (κ3) is 2.40. The standard InChI is InChI=1S/C11H15IN2O2/c1-13-4-2-3-9(13)7-14-6-8(12)5-10(14)11(15)16/h5-6,9H,2-4,7H2,1H3,(H,15,16). The van der Waals surface area contributed by atoms with Gasteiger partial charge in [0.1, 0.15) is 5.69 Å². The van der Waals surface area contributed by atoms with Crippen LogP contribution in [0.25, 0.3) is 0 Å². The molecule has 1 aliphatic heterocycles. The molecule has 0 saturated carbocycles. The number of carboxylic acids is 1. The highest BCUT2D eigenvalue weighted by Gasteiger charge is 2.23. The van der Waals surface area contributed by atoms with E-state index in [-0.39, 0.29) is 0 Å². The summed E-state index contributed by atoms with van der Waals surface area (Å²) in [7, 11) is 2.10. The molecule has 0 aliphatic carbocycles. The molecule has 1 aliphatic rings. The van der Waals surface area contributed by atoms with Gasteiger partial charge in [0, 0.05) is 22.4 Å². The minimum absolute atomic E-state index is 0.393. The lowest BCUT2D eigenvalue weighted by atomic mass is 10.2. The van der Waals surface area contributed by atoms with E-state index in [1.807, 2.05) is 10.8 Å². The number of nitrogens with zero attached hydrogens (tertiary/aromatic N) is 2. The SMILES string of the molecule is CN1CCCC1Cn1cc(I)cc1C(=O)O. The van der Waals surface area contributed by atoms with Gasteiger partial charge < -0.3 is 14.6 Å². The number of likely N-dealkylation sites (N-methyl/N-ethyl adjacent to an activating group) is 1. The van der Waals surface area contributed by atoms with Crippen LogP contribution in [-0.4, -0.2) is 40.2 Å². The Bertz CT molecular complexity index is 403. The van der Waals surface area contributed by atoms with Crippen molar-refractivity contribution in [3.8, 4) is 0 Å². The van der Waals surface area contributed by atoms with Crippen LogP contribution in [-0.2, 0) is 6.54 Å². The molecule has 88 valence electrons. The fraction of sp³-hybridized carbons (Fsp3) is 0.545. The fourth-order valence-corrected chi connectivity index (χ4v) is 2.87. The summed E-state index contributed by atoms with van der Waals surface area (Å²) in [6.45, 7) is 1.90. The summed E-state index contributed by atoms with van der Waals surface area (Å²) in [6, 6.07) is 2.19. The molecular formula is C11H15IN2O2. The van der Waals surface area contributed by atoms with E-state index in [0.29, 0.717) is 11.7 Å². The van der Waals surface area contributed by atoms with Crippen LogP contribution in [0.15, 0.2) is 12.3 Å². The smallest absolute Gasteiger partial charge is 0.352 e. The summed E-state index contributed by atoms with van der Waals surface area (Å²) in [4.78, 5) is 13.4. The number of aromatic nitrogens is 1. The molecule has 1 N–H and O–H groups in total. The summed E-state index contributed by atoms with van der Waals surface area (Å²) >= 11 is 2.15. The number of carboxylic acid groups (broad SMARTS) is 1. The zero-order valence-corrected chi connectivity index (χ0v) is 11.3. The third-order valence-electron chi connectivity index (χ3n) is 3.16. The van der Waals surface area contributed by atoms with Crippen LogP contribution in [0.1, 0.15) is 23.3 Å². The van der Waals surface area contributed by atoms with Gasteiger partial charge >= 0.3 is 5.97 Å². The molecule has 16 heavy (non-hydrogen) atoms. The Balaban J connectivity index is 2.17. The Kier molecular flexibility index (Phi) is 3.53. The van der Waals surface area contributed by atoms with Crippen molar-refractivity contribution in [2.45, 2.75) is 25.4 Å². The van der Waals surface area contributed by atoms with Crippen LogP contribution in [0.4, 0.5) is 0 Å². The highest BCUT2D eigenvalue weighted by atomic mass is 127. The molecule has 0 aromatic carbocycles. The van der Waals surface area contributed by atoms with Gasteiger partial charge in [0.05, 0.1) is 0 Å². The van der Waals surface area contributed by atoms with Gasteiger partial charge in [-0.25, -0.2) is 4.79 Å². The number of carbonyl (C=O) groups is 1. The van der Waals surface area contributed by atoms with Gasteiger partial charge in [-0.15, -0.1) is 0 Å². The topological polar surface area (TPSA) is 45.5 Å². The predicted molar refractivity (Wildman–Crippen MR) is 69.8 cm³/mol. The summed E-state index contributed by atoms with van der Waals surface area (Å²) in [5, 5.41) is 9.08. The van der Waals surface area contributed by atoms with Crippen LogP contribution in [0.2, 0.25) is 0 Å². The Morgan fingerprint density at radius 1 is 1.69 bits per heavy atom. The molecule has 1 fully saturated rings. The minimum atomic E-state index is -0.844. The Labute approximate surface area is 108 Å². The van der Waals surface area contributed by atoms with Crippen LogP contribution >= 0.6 is 22.6 Å². The number of likely N-dealkylation sites (tertiary alicyclic amines) is 1. The average molecular weight is 334 g/mol. The second kappa shape index (κ2) is 4.75. The van der Waals surface area contributed by atoms with Crippen LogP contribution < -0.4 is 0 Å². The van der Waals surface area contributed by atoms with E-state index in [0.717, 1.165) is 23.1 Å². The Hall–Kier alpha value is -0.560. The number of hydrogen-bond donors (Lipinski definition) is 1. The molecule has 0 radical (unpaired) electrons. The molecule has 5 heteroatoms. The van der Waals surface area contributed by atoms with Crippen molar-refractivity contribution in [2.24, 2.45) is 0 Å². The van der Waals surface area contributed by atoms with Gasteiger partial charge in [-0.1, -0.05) is 0 Å². The molecule has 0 spiro atoms. The quantitative estimate of drug-likeness (QED) is 0.859. The Morgan fingerprint density at radius 2 is 2.44 bits per heavy atom. The van der Waals surface area contributed by atoms with E-state index in [4.69, 9.17) is 5.11 Å². The van der Waals surface area contributed by atoms with Gasteiger partial charge in [0.25, 0.3) is 0 Å². The highest BCUT2D eigenvalue weighted by molar-refractivity contribution is 14.1. The number of aromatic carboxylic acids is 1. The highest BCUT2D eigenvalue weighted by Crippen LogP contribution is 2.19. The maximum absolute atomic E-state index is 11.1. The maximum atomic E-state index is 11.1. The van der Waals surface area contributed by atoms with E-state index in [2.05, 4.69) is 34.5 Å². The molecule has 2 heterocycles. The fourth-order valence-electron chi connectivity index (χ4n) is 2.24.